The average molecular weight is 359 g/mol. The van der Waals surface area contributed by atoms with Crippen molar-refractivity contribution in [1.82, 2.24) is 0 Å². The van der Waals surface area contributed by atoms with Crippen LogP contribution in [0.4, 0.5) is 11.4 Å². The molecule has 1 aliphatic heterocycles. The van der Waals surface area contributed by atoms with Gasteiger partial charge in [-0.3, -0.25) is 14.4 Å². The first-order valence-corrected chi connectivity index (χ1v) is 9.13. The molecule has 140 valence electrons. The summed E-state index contributed by atoms with van der Waals surface area (Å²) in [6.45, 7) is 1.77. The van der Waals surface area contributed by atoms with E-state index in [9.17, 15) is 19.5 Å². The van der Waals surface area contributed by atoms with Gasteiger partial charge in [0.25, 0.3) is 0 Å². The van der Waals surface area contributed by atoms with Crippen LogP contribution in [0.2, 0.25) is 0 Å². The number of aliphatic carboxylic acids is 1. The van der Waals surface area contributed by atoms with Crippen LogP contribution in [0, 0.1) is 5.41 Å². The Morgan fingerprint density at radius 3 is 2.35 bits per heavy atom. The van der Waals surface area contributed by atoms with Crippen LogP contribution in [0.1, 0.15) is 55.3 Å². The number of nitrogens with one attached hydrogen (secondary N) is 1. The minimum Gasteiger partial charge on any atom is -0.481 e. The summed E-state index contributed by atoms with van der Waals surface area (Å²) < 4.78 is 0. The third-order valence-electron chi connectivity index (χ3n) is 5.52. The quantitative estimate of drug-likeness (QED) is 0.722. The standard InChI is InChI=1S/C19H25N3O4/c20-17(24)13-5-6-15(22-9-2-1-3-10-22)14(11-13)21-16(23)12-19(18(25)26)7-4-8-19/h5-6,11H,1-4,7-10,12H2,(H2,20,24)(H,21,23)(H,25,26). The number of piperidine rings is 1. The van der Waals surface area contributed by atoms with Gasteiger partial charge in [0.15, 0.2) is 0 Å². The van der Waals surface area contributed by atoms with E-state index in [1.54, 1.807) is 18.2 Å². The second-order valence-electron chi connectivity index (χ2n) is 7.31. The van der Waals surface area contributed by atoms with Gasteiger partial charge in [0.2, 0.25) is 11.8 Å². The molecule has 0 spiro atoms. The van der Waals surface area contributed by atoms with Gasteiger partial charge >= 0.3 is 5.97 Å². The Labute approximate surface area is 152 Å². The number of rotatable bonds is 6. The highest BCUT2D eigenvalue weighted by molar-refractivity contribution is 6.00. The summed E-state index contributed by atoms with van der Waals surface area (Å²) in [5.74, 6) is -1.82. The van der Waals surface area contributed by atoms with E-state index in [1.165, 1.54) is 6.42 Å². The molecule has 2 amide bonds. The maximum absolute atomic E-state index is 12.5. The second kappa shape index (κ2) is 7.35. The molecule has 1 saturated heterocycles. The Balaban J connectivity index is 1.81. The molecule has 2 fully saturated rings. The zero-order valence-corrected chi connectivity index (χ0v) is 14.8. The Morgan fingerprint density at radius 1 is 1.12 bits per heavy atom. The molecule has 26 heavy (non-hydrogen) atoms. The van der Waals surface area contributed by atoms with Crippen molar-refractivity contribution in [3.8, 4) is 0 Å². The zero-order chi connectivity index (χ0) is 18.7. The average Bonchev–Trinajstić information content (AvgIpc) is 2.58. The van der Waals surface area contributed by atoms with Crippen molar-refractivity contribution < 1.29 is 19.5 Å². The lowest BCUT2D eigenvalue weighted by molar-refractivity contribution is -0.157. The number of amides is 2. The van der Waals surface area contributed by atoms with Gasteiger partial charge in [-0.25, -0.2) is 0 Å². The van der Waals surface area contributed by atoms with E-state index in [2.05, 4.69) is 10.2 Å². The van der Waals surface area contributed by atoms with E-state index in [0.717, 1.165) is 38.0 Å². The molecule has 0 atom stereocenters. The van der Waals surface area contributed by atoms with Crippen molar-refractivity contribution in [1.29, 1.82) is 0 Å². The summed E-state index contributed by atoms with van der Waals surface area (Å²) in [5, 5.41) is 12.3. The van der Waals surface area contributed by atoms with Gasteiger partial charge in [0, 0.05) is 25.1 Å². The monoisotopic (exact) mass is 359 g/mol. The fourth-order valence-corrected chi connectivity index (χ4v) is 3.77. The molecule has 2 aliphatic rings. The van der Waals surface area contributed by atoms with Crippen LogP contribution in [-0.4, -0.2) is 36.0 Å². The van der Waals surface area contributed by atoms with Crippen LogP contribution in [-0.2, 0) is 9.59 Å². The van der Waals surface area contributed by atoms with Gasteiger partial charge < -0.3 is 21.1 Å². The van der Waals surface area contributed by atoms with Crippen molar-refractivity contribution in [2.45, 2.75) is 44.9 Å². The Kier molecular flexibility index (Phi) is 5.15. The van der Waals surface area contributed by atoms with Gasteiger partial charge in [-0.1, -0.05) is 6.42 Å². The van der Waals surface area contributed by atoms with Crippen LogP contribution in [0.5, 0.6) is 0 Å². The highest BCUT2D eigenvalue weighted by Crippen LogP contribution is 2.44. The lowest BCUT2D eigenvalue weighted by Gasteiger charge is -2.37. The first kappa shape index (κ1) is 18.2. The zero-order valence-electron chi connectivity index (χ0n) is 14.8. The molecule has 0 unspecified atom stereocenters. The van der Waals surface area contributed by atoms with Crippen LogP contribution in [0.15, 0.2) is 18.2 Å². The van der Waals surface area contributed by atoms with Crippen molar-refractivity contribution in [2.75, 3.05) is 23.3 Å². The van der Waals surface area contributed by atoms with Gasteiger partial charge in [0.05, 0.1) is 16.8 Å². The van der Waals surface area contributed by atoms with E-state index < -0.39 is 17.3 Å². The lowest BCUT2D eigenvalue weighted by atomic mass is 9.66. The number of primary amides is 1. The first-order chi connectivity index (χ1) is 12.4. The lowest BCUT2D eigenvalue weighted by Crippen LogP contribution is -2.41. The number of carboxylic acid groups (broad SMARTS) is 1. The van der Waals surface area contributed by atoms with E-state index in [-0.39, 0.29) is 12.3 Å². The summed E-state index contributed by atoms with van der Waals surface area (Å²) >= 11 is 0. The fraction of sp³-hybridized carbons (Fsp3) is 0.526. The number of hydrogen-bond donors (Lipinski definition) is 3. The van der Waals surface area contributed by atoms with Gasteiger partial charge in [0.1, 0.15) is 0 Å². The molecule has 4 N–H and O–H groups in total. The molecule has 1 saturated carbocycles. The number of hydrogen-bond acceptors (Lipinski definition) is 4. The molecule has 7 heteroatoms. The number of carbonyl (C=O) groups excluding carboxylic acids is 2. The van der Waals surface area contributed by atoms with Crippen LogP contribution < -0.4 is 16.0 Å². The van der Waals surface area contributed by atoms with Gasteiger partial charge in [-0.15, -0.1) is 0 Å². The topological polar surface area (TPSA) is 113 Å². The number of nitrogens with two attached hydrogens (primary N) is 1. The van der Waals surface area contributed by atoms with E-state index >= 15 is 0 Å². The first-order valence-electron chi connectivity index (χ1n) is 9.13. The summed E-state index contributed by atoms with van der Waals surface area (Å²) in [5.41, 5.74) is 6.11. The van der Waals surface area contributed by atoms with Crippen LogP contribution in [0.3, 0.4) is 0 Å². The Hall–Kier alpha value is -2.57. The Morgan fingerprint density at radius 2 is 1.81 bits per heavy atom. The normalized spacial score (nSPS) is 18.7. The molecule has 1 aliphatic carbocycles. The van der Waals surface area contributed by atoms with Crippen molar-refractivity contribution in [3.63, 3.8) is 0 Å². The molecular weight excluding hydrogens is 334 g/mol. The maximum atomic E-state index is 12.5. The minimum absolute atomic E-state index is 0.0530. The summed E-state index contributed by atoms with van der Waals surface area (Å²) in [4.78, 5) is 37.7. The minimum atomic E-state index is -0.948. The van der Waals surface area contributed by atoms with E-state index in [1.807, 2.05) is 0 Å². The Bertz CT molecular complexity index is 721. The third-order valence-corrected chi connectivity index (χ3v) is 5.52. The smallest absolute Gasteiger partial charge is 0.310 e. The molecule has 0 bridgehead atoms. The molecule has 1 aromatic rings. The predicted molar refractivity (Wildman–Crippen MR) is 98.2 cm³/mol. The SMILES string of the molecule is NC(=O)c1ccc(N2CCCCC2)c(NC(=O)CC2(C(=O)O)CCC2)c1. The van der Waals surface area contributed by atoms with E-state index in [4.69, 9.17) is 5.73 Å². The maximum Gasteiger partial charge on any atom is 0.310 e. The second-order valence-corrected chi connectivity index (χ2v) is 7.31. The summed E-state index contributed by atoms with van der Waals surface area (Å²) in [6, 6.07) is 5.04. The molecule has 7 nitrogen and oxygen atoms in total. The van der Waals surface area contributed by atoms with Crippen LogP contribution in [0.25, 0.3) is 0 Å². The predicted octanol–water partition coefficient (Wildman–Crippen LogP) is 2.36. The van der Waals surface area contributed by atoms with Crippen molar-refractivity contribution in [2.24, 2.45) is 11.1 Å². The molecule has 3 rings (SSSR count). The number of carbonyl (C=O) groups is 3. The number of anilines is 2. The molecule has 0 radical (unpaired) electrons. The molecular formula is C19H25N3O4. The molecule has 1 heterocycles. The highest BCUT2D eigenvalue weighted by atomic mass is 16.4. The third kappa shape index (κ3) is 3.66. The largest absolute Gasteiger partial charge is 0.481 e. The highest BCUT2D eigenvalue weighted by Gasteiger charge is 2.46. The van der Waals surface area contributed by atoms with E-state index in [0.29, 0.717) is 24.1 Å². The molecule has 0 aromatic heterocycles. The fourth-order valence-electron chi connectivity index (χ4n) is 3.77. The number of carboxylic acids is 1. The van der Waals surface area contributed by atoms with Gasteiger partial charge in [-0.05, 0) is 50.3 Å². The molecule has 1 aromatic carbocycles. The number of nitrogens with zero attached hydrogens (tertiary/aromatic N) is 1. The summed E-state index contributed by atoms with van der Waals surface area (Å²) in [6.07, 6.45) is 5.16. The van der Waals surface area contributed by atoms with Crippen molar-refractivity contribution >= 4 is 29.2 Å². The van der Waals surface area contributed by atoms with Crippen LogP contribution >= 0.6 is 0 Å². The summed E-state index contributed by atoms with van der Waals surface area (Å²) in [7, 11) is 0. The van der Waals surface area contributed by atoms with Gasteiger partial charge in [-0.2, -0.15) is 0 Å². The number of benzene rings is 1. The van der Waals surface area contributed by atoms with Crippen molar-refractivity contribution in [3.05, 3.63) is 23.8 Å².